The second-order valence-corrected chi connectivity index (χ2v) is 6.43. The number of fused-ring (bicyclic) bond motifs is 3. The molecule has 2 bridgehead atoms. The zero-order valence-corrected chi connectivity index (χ0v) is 13.5. The van der Waals surface area contributed by atoms with Crippen LogP contribution in [0, 0.1) is 17.8 Å². The van der Waals surface area contributed by atoms with E-state index in [4.69, 9.17) is 10.5 Å². The fourth-order valence-electron chi connectivity index (χ4n) is 3.40. The van der Waals surface area contributed by atoms with E-state index in [1.54, 1.807) is 0 Å². The van der Waals surface area contributed by atoms with Gasteiger partial charge < -0.3 is 10.5 Å². The van der Waals surface area contributed by atoms with Gasteiger partial charge in [-0.15, -0.1) is 10.2 Å². The van der Waals surface area contributed by atoms with Crippen molar-refractivity contribution in [3.8, 4) is 17.7 Å². The first kappa shape index (κ1) is 15.0. The molecule has 0 spiro atoms. The number of nitrogens with zero attached hydrogens (tertiary/aromatic N) is 3. The van der Waals surface area contributed by atoms with Crippen LogP contribution in [0.25, 0.3) is 0 Å². The molecule has 0 aliphatic carbocycles. The van der Waals surface area contributed by atoms with Crippen molar-refractivity contribution in [1.29, 1.82) is 0 Å². The molecule has 1 unspecified atom stereocenters. The summed E-state index contributed by atoms with van der Waals surface area (Å²) in [4.78, 5) is 2.46. The van der Waals surface area contributed by atoms with Gasteiger partial charge in [0, 0.05) is 23.9 Å². The summed E-state index contributed by atoms with van der Waals surface area (Å²) in [6.45, 7) is 3.41. The van der Waals surface area contributed by atoms with Gasteiger partial charge in [-0.05, 0) is 62.0 Å². The lowest BCUT2D eigenvalue weighted by molar-refractivity contribution is -0.0104. The highest BCUT2D eigenvalue weighted by atomic mass is 16.5. The molecule has 5 rings (SSSR count). The van der Waals surface area contributed by atoms with E-state index in [0.29, 0.717) is 23.2 Å². The van der Waals surface area contributed by atoms with Crippen LogP contribution in [0.2, 0.25) is 0 Å². The summed E-state index contributed by atoms with van der Waals surface area (Å²) in [5.41, 5.74) is 7.94. The molecule has 4 heterocycles. The molecule has 122 valence electrons. The van der Waals surface area contributed by atoms with Crippen molar-refractivity contribution < 1.29 is 4.74 Å². The first-order chi connectivity index (χ1) is 11.8. The largest absolute Gasteiger partial charge is 0.472 e. The summed E-state index contributed by atoms with van der Waals surface area (Å²) in [7, 11) is 0. The Labute approximate surface area is 141 Å². The predicted octanol–water partition coefficient (Wildman–Crippen LogP) is 1.93. The molecule has 3 saturated heterocycles. The molecule has 24 heavy (non-hydrogen) atoms. The molecule has 3 aliphatic heterocycles. The Balaban J connectivity index is 1.42. The molecule has 3 aliphatic rings. The molecule has 2 N–H and O–H groups in total. The van der Waals surface area contributed by atoms with E-state index < -0.39 is 0 Å². The lowest BCUT2D eigenvalue weighted by atomic mass is 9.86. The normalized spacial score (nSPS) is 24.9. The van der Waals surface area contributed by atoms with E-state index in [-0.39, 0.29) is 6.10 Å². The third-order valence-electron chi connectivity index (χ3n) is 4.73. The van der Waals surface area contributed by atoms with Crippen LogP contribution >= 0.6 is 0 Å². The Morgan fingerprint density at radius 1 is 1.08 bits per heavy atom. The van der Waals surface area contributed by atoms with E-state index in [0.717, 1.165) is 12.1 Å². The Kier molecular flexibility index (Phi) is 4.06. The smallest absolute Gasteiger partial charge is 0.233 e. The average Bonchev–Trinajstić information content (AvgIpc) is 2.62. The fraction of sp³-hybridized carbons (Fsp3) is 0.368. The van der Waals surface area contributed by atoms with E-state index in [9.17, 15) is 0 Å². The SMILES string of the molecule is Nc1cccc(C#Cc2ccc(OC3CN4CCC3CC4)nn2)c1. The second kappa shape index (κ2) is 6.50. The topological polar surface area (TPSA) is 64.3 Å². The van der Waals surface area contributed by atoms with Crippen LogP contribution in [-0.4, -0.2) is 40.8 Å². The third kappa shape index (κ3) is 3.34. The van der Waals surface area contributed by atoms with E-state index in [2.05, 4.69) is 26.9 Å². The summed E-state index contributed by atoms with van der Waals surface area (Å²) < 4.78 is 6.04. The average molecular weight is 320 g/mol. The molecule has 0 radical (unpaired) electrons. The van der Waals surface area contributed by atoms with Crippen molar-refractivity contribution in [1.82, 2.24) is 15.1 Å². The van der Waals surface area contributed by atoms with E-state index in [1.165, 1.54) is 25.9 Å². The minimum Gasteiger partial charge on any atom is -0.472 e. The van der Waals surface area contributed by atoms with Crippen molar-refractivity contribution in [2.45, 2.75) is 18.9 Å². The number of hydrogen-bond donors (Lipinski definition) is 1. The summed E-state index contributed by atoms with van der Waals surface area (Å²) in [5, 5.41) is 8.32. The number of ether oxygens (including phenoxy) is 1. The van der Waals surface area contributed by atoms with E-state index >= 15 is 0 Å². The first-order valence-electron chi connectivity index (χ1n) is 8.36. The minimum absolute atomic E-state index is 0.242. The van der Waals surface area contributed by atoms with Gasteiger partial charge in [-0.1, -0.05) is 12.0 Å². The highest BCUT2D eigenvalue weighted by Gasteiger charge is 2.35. The molecule has 2 aromatic rings. The van der Waals surface area contributed by atoms with Crippen LogP contribution in [-0.2, 0) is 0 Å². The molecule has 1 atom stereocenters. The maximum absolute atomic E-state index is 6.04. The Bertz CT molecular complexity index is 770. The third-order valence-corrected chi connectivity index (χ3v) is 4.73. The maximum atomic E-state index is 6.04. The summed E-state index contributed by atoms with van der Waals surface area (Å²) in [6.07, 6.45) is 2.69. The number of aromatic nitrogens is 2. The van der Waals surface area contributed by atoms with Crippen molar-refractivity contribution in [2.24, 2.45) is 5.92 Å². The van der Waals surface area contributed by atoms with Crippen LogP contribution in [0.3, 0.4) is 0 Å². The van der Waals surface area contributed by atoms with Gasteiger partial charge in [0.25, 0.3) is 0 Å². The number of nitrogen functional groups attached to an aromatic ring is 1. The van der Waals surface area contributed by atoms with Gasteiger partial charge in [-0.25, -0.2) is 0 Å². The molecular formula is C19H20N4O. The lowest BCUT2D eigenvalue weighted by Crippen LogP contribution is -2.52. The van der Waals surface area contributed by atoms with Gasteiger partial charge in [-0.2, -0.15) is 0 Å². The highest BCUT2D eigenvalue weighted by molar-refractivity contribution is 5.48. The van der Waals surface area contributed by atoms with Gasteiger partial charge in [0.2, 0.25) is 5.88 Å². The van der Waals surface area contributed by atoms with Gasteiger partial charge in [0.1, 0.15) is 11.8 Å². The Morgan fingerprint density at radius 3 is 2.62 bits per heavy atom. The second-order valence-electron chi connectivity index (χ2n) is 6.43. The Hall–Kier alpha value is -2.58. The zero-order chi connectivity index (χ0) is 16.4. The summed E-state index contributed by atoms with van der Waals surface area (Å²) >= 11 is 0. The molecule has 0 saturated carbocycles. The first-order valence-corrected chi connectivity index (χ1v) is 8.36. The molecule has 1 aromatic carbocycles. The van der Waals surface area contributed by atoms with Gasteiger partial charge in [0.05, 0.1) is 0 Å². The number of anilines is 1. The zero-order valence-electron chi connectivity index (χ0n) is 13.5. The van der Waals surface area contributed by atoms with Gasteiger partial charge in [-0.3, -0.25) is 4.90 Å². The molecule has 3 fully saturated rings. The molecule has 1 aromatic heterocycles. The van der Waals surface area contributed by atoms with Gasteiger partial charge in [0.15, 0.2) is 0 Å². The summed E-state index contributed by atoms with van der Waals surface area (Å²) in [5.74, 6) is 7.29. The number of hydrogen-bond acceptors (Lipinski definition) is 5. The van der Waals surface area contributed by atoms with E-state index in [1.807, 2.05) is 36.4 Å². The number of rotatable bonds is 2. The van der Waals surface area contributed by atoms with Crippen molar-refractivity contribution in [3.05, 3.63) is 47.7 Å². The maximum Gasteiger partial charge on any atom is 0.233 e. The highest BCUT2D eigenvalue weighted by Crippen LogP contribution is 2.29. The fourth-order valence-corrected chi connectivity index (χ4v) is 3.40. The minimum atomic E-state index is 0.242. The molecule has 0 amide bonds. The van der Waals surface area contributed by atoms with Crippen LogP contribution in [0.15, 0.2) is 36.4 Å². The van der Waals surface area contributed by atoms with Crippen molar-refractivity contribution >= 4 is 5.69 Å². The predicted molar refractivity (Wildman–Crippen MR) is 92.4 cm³/mol. The number of nitrogens with two attached hydrogens (primary N) is 1. The van der Waals surface area contributed by atoms with Crippen LogP contribution < -0.4 is 10.5 Å². The van der Waals surface area contributed by atoms with Crippen molar-refractivity contribution in [2.75, 3.05) is 25.4 Å². The molecular weight excluding hydrogens is 300 g/mol. The van der Waals surface area contributed by atoms with Crippen LogP contribution in [0.4, 0.5) is 5.69 Å². The monoisotopic (exact) mass is 320 g/mol. The molecule has 5 nitrogen and oxygen atoms in total. The van der Waals surface area contributed by atoms with Crippen molar-refractivity contribution in [3.63, 3.8) is 0 Å². The Morgan fingerprint density at radius 2 is 1.96 bits per heavy atom. The van der Waals surface area contributed by atoms with Crippen LogP contribution in [0.1, 0.15) is 24.1 Å². The summed E-state index contributed by atoms with van der Waals surface area (Å²) in [6, 6.07) is 11.2. The standard InChI is InChI=1S/C19H20N4O/c20-16-3-1-2-14(12-16)4-5-17-6-7-19(22-21-17)24-18-13-23-10-8-15(18)9-11-23/h1-3,6-7,12,15,18H,8-11,13,20H2. The van der Waals surface area contributed by atoms with Crippen LogP contribution in [0.5, 0.6) is 5.88 Å². The van der Waals surface area contributed by atoms with Gasteiger partial charge >= 0.3 is 0 Å². The molecule has 5 heteroatoms. The lowest BCUT2D eigenvalue weighted by Gasteiger charge is -2.44. The number of benzene rings is 1. The quantitative estimate of drug-likeness (QED) is 0.677. The number of piperidine rings is 3.